The minimum absolute atomic E-state index is 0.0130. The first-order chi connectivity index (χ1) is 12.7. The van der Waals surface area contributed by atoms with Crippen LogP contribution in [0.2, 0.25) is 0 Å². The molecule has 6 nitrogen and oxygen atoms in total. The van der Waals surface area contributed by atoms with E-state index in [1.165, 1.54) is 0 Å². The van der Waals surface area contributed by atoms with E-state index in [1.807, 2.05) is 53.2 Å². The van der Waals surface area contributed by atoms with Gasteiger partial charge < -0.3 is 14.6 Å². The van der Waals surface area contributed by atoms with E-state index in [9.17, 15) is 9.90 Å². The van der Waals surface area contributed by atoms with E-state index < -0.39 is 6.10 Å². The molecule has 2 atom stereocenters. The van der Waals surface area contributed by atoms with Crippen LogP contribution >= 0.6 is 0 Å². The van der Waals surface area contributed by atoms with Crippen LogP contribution in [0.3, 0.4) is 0 Å². The van der Waals surface area contributed by atoms with Crippen molar-refractivity contribution >= 4 is 5.91 Å². The SMILES string of the molecule is O=C(c1ccc(-n2ccnc2)cc1)N1C[C@@H](Cc2ccccn2)[C@H](O)C1. The summed E-state index contributed by atoms with van der Waals surface area (Å²) in [7, 11) is 0. The Morgan fingerprint density at radius 2 is 1.96 bits per heavy atom. The highest BCUT2D eigenvalue weighted by atomic mass is 16.3. The number of pyridine rings is 1. The van der Waals surface area contributed by atoms with Gasteiger partial charge in [-0.1, -0.05) is 6.07 Å². The lowest BCUT2D eigenvalue weighted by molar-refractivity contribution is 0.0764. The molecular formula is C20H20N4O2. The summed E-state index contributed by atoms with van der Waals surface area (Å²) in [4.78, 5) is 22.8. The molecule has 0 unspecified atom stereocenters. The average Bonchev–Trinajstić information content (AvgIpc) is 3.33. The van der Waals surface area contributed by atoms with Crippen molar-refractivity contribution in [3.05, 3.63) is 78.6 Å². The number of hydrogen-bond acceptors (Lipinski definition) is 4. The highest BCUT2D eigenvalue weighted by Crippen LogP contribution is 2.23. The molecule has 0 spiro atoms. The number of carbonyl (C=O) groups is 1. The molecule has 0 aliphatic carbocycles. The number of carbonyl (C=O) groups excluding carboxylic acids is 1. The fourth-order valence-corrected chi connectivity index (χ4v) is 3.38. The van der Waals surface area contributed by atoms with Gasteiger partial charge in [0.2, 0.25) is 0 Å². The van der Waals surface area contributed by atoms with Crippen LogP contribution in [-0.4, -0.2) is 49.6 Å². The molecule has 1 fully saturated rings. The third kappa shape index (κ3) is 3.36. The molecule has 1 saturated heterocycles. The third-order valence-corrected chi connectivity index (χ3v) is 4.81. The topological polar surface area (TPSA) is 71.2 Å². The lowest BCUT2D eigenvalue weighted by Gasteiger charge is -2.16. The predicted molar refractivity (Wildman–Crippen MR) is 96.9 cm³/mol. The zero-order chi connectivity index (χ0) is 17.9. The minimum atomic E-state index is -0.522. The smallest absolute Gasteiger partial charge is 0.253 e. The van der Waals surface area contributed by atoms with Crippen LogP contribution in [0.1, 0.15) is 16.1 Å². The predicted octanol–water partition coefficient (Wildman–Crippen LogP) is 1.94. The van der Waals surface area contributed by atoms with E-state index in [0.717, 1.165) is 11.4 Å². The molecule has 1 aliphatic rings. The van der Waals surface area contributed by atoms with Crippen molar-refractivity contribution in [3.8, 4) is 5.69 Å². The first-order valence-corrected chi connectivity index (χ1v) is 8.66. The molecule has 1 aromatic carbocycles. The van der Waals surface area contributed by atoms with Gasteiger partial charge in [0, 0.05) is 54.5 Å². The van der Waals surface area contributed by atoms with Crippen molar-refractivity contribution in [1.29, 1.82) is 0 Å². The molecular weight excluding hydrogens is 328 g/mol. The standard InChI is InChI=1S/C20H20N4O2/c25-19-13-24(12-16(19)11-17-3-1-2-8-22-17)20(26)15-4-6-18(7-5-15)23-10-9-21-14-23/h1-10,14,16,19,25H,11-13H2/t16-,19-/m1/s1. The van der Waals surface area contributed by atoms with Crippen LogP contribution in [0.4, 0.5) is 0 Å². The summed E-state index contributed by atoms with van der Waals surface area (Å²) in [6, 6.07) is 13.2. The van der Waals surface area contributed by atoms with E-state index in [4.69, 9.17) is 0 Å². The number of aliphatic hydroxyl groups is 1. The molecule has 6 heteroatoms. The number of aromatic nitrogens is 3. The van der Waals surface area contributed by atoms with Crippen molar-refractivity contribution in [2.45, 2.75) is 12.5 Å². The van der Waals surface area contributed by atoms with Crippen molar-refractivity contribution in [1.82, 2.24) is 19.4 Å². The number of hydrogen-bond donors (Lipinski definition) is 1. The van der Waals surface area contributed by atoms with Gasteiger partial charge >= 0.3 is 0 Å². The average molecular weight is 348 g/mol. The third-order valence-electron chi connectivity index (χ3n) is 4.81. The molecule has 0 bridgehead atoms. The zero-order valence-corrected chi connectivity index (χ0v) is 14.3. The summed E-state index contributed by atoms with van der Waals surface area (Å²) >= 11 is 0. The van der Waals surface area contributed by atoms with Gasteiger partial charge in [0.05, 0.1) is 12.4 Å². The number of aliphatic hydroxyl groups excluding tert-OH is 1. The normalized spacial score (nSPS) is 19.7. The van der Waals surface area contributed by atoms with Crippen LogP contribution in [-0.2, 0) is 6.42 Å². The van der Waals surface area contributed by atoms with Crippen LogP contribution < -0.4 is 0 Å². The van der Waals surface area contributed by atoms with Crippen molar-refractivity contribution in [3.63, 3.8) is 0 Å². The molecule has 1 N–H and O–H groups in total. The summed E-state index contributed by atoms with van der Waals surface area (Å²) in [5, 5.41) is 10.4. The summed E-state index contributed by atoms with van der Waals surface area (Å²) in [6.45, 7) is 0.902. The summed E-state index contributed by atoms with van der Waals surface area (Å²) < 4.78 is 1.89. The monoisotopic (exact) mass is 348 g/mol. The minimum Gasteiger partial charge on any atom is -0.391 e. The number of likely N-dealkylation sites (tertiary alicyclic amines) is 1. The Morgan fingerprint density at radius 1 is 1.12 bits per heavy atom. The van der Waals surface area contributed by atoms with Gasteiger partial charge in [0.25, 0.3) is 5.91 Å². The lowest BCUT2D eigenvalue weighted by Crippen LogP contribution is -2.29. The van der Waals surface area contributed by atoms with Crippen molar-refractivity contribution in [2.24, 2.45) is 5.92 Å². The first-order valence-electron chi connectivity index (χ1n) is 8.66. The van der Waals surface area contributed by atoms with Crippen LogP contribution in [0.5, 0.6) is 0 Å². The lowest BCUT2D eigenvalue weighted by atomic mass is 10.00. The second-order valence-corrected chi connectivity index (χ2v) is 6.58. The van der Waals surface area contributed by atoms with E-state index in [1.54, 1.807) is 23.6 Å². The highest BCUT2D eigenvalue weighted by Gasteiger charge is 2.34. The van der Waals surface area contributed by atoms with Crippen LogP contribution in [0, 0.1) is 5.92 Å². The quantitative estimate of drug-likeness (QED) is 0.782. The van der Waals surface area contributed by atoms with Gasteiger partial charge in [0.15, 0.2) is 0 Å². The first kappa shape index (κ1) is 16.5. The Balaban J connectivity index is 1.43. The van der Waals surface area contributed by atoms with Crippen molar-refractivity contribution in [2.75, 3.05) is 13.1 Å². The van der Waals surface area contributed by atoms with Crippen LogP contribution in [0.25, 0.3) is 5.69 Å². The second kappa shape index (κ2) is 7.09. The molecule has 132 valence electrons. The summed E-state index contributed by atoms with van der Waals surface area (Å²) in [5.41, 5.74) is 2.52. The van der Waals surface area contributed by atoms with Gasteiger partial charge in [-0.3, -0.25) is 9.78 Å². The summed E-state index contributed by atoms with van der Waals surface area (Å²) in [6.07, 6.45) is 7.19. The largest absolute Gasteiger partial charge is 0.391 e. The number of rotatable bonds is 4. The fraction of sp³-hybridized carbons (Fsp3) is 0.250. The zero-order valence-electron chi connectivity index (χ0n) is 14.3. The number of imidazole rings is 1. The summed E-state index contributed by atoms with van der Waals surface area (Å²) in [5.74, 6) is -0.0381. The van der Waals surface area contributed by atoms with Gasteiger partial charge in [-0.2, -0.15) is 0 Å². The maximum absolute atomic E-state index is 12.8. The Morgan fingerprint density at radius 3 is 2.65 bits per heavy atom. The van der Waals surface area contributed by atoms with Gasteiger partial charge in [-0.05, 0) is 42.8 Å². The maximum atomic E-state index is 12.8. The molecule has 3 aromatic rings. The second-order valence-electron chi connectivity index (χ2n) is 6.58. The molecule has 26 heavy (non-hydrogen) atoms. The maximum Gasteiger partial charge on any atom is 0.253 e. The number of amides is 1. The molecule has 0 saturated carbocycles. The molecule has 2 aromatic heterocycles. The number of β-amino-alcohol motifs (C(OH)–C–C–N with tert-alkyl or cyclic N) is 1. The Bertz CT molecular complexity index is 863. The molecule has 3 heterocycles. The van der Waals surface area contributed by atoms with E-state index >= 15 is 0 Å². The Hall–Kier alpha value is -2.99. The van der Waals surface area contributed by atoms with Gasteiger partial charge in [-0.25, -0.2) is 4.98 Å². The van der Waals surface area contributed by atoms with Crippen molar-refractivity contribution < 1.29 is 9.90 Å². The Kier molecular flexibility index (Phi) is 4.50. The fourth-order valence-electron chi connectivity index (χ4n) is 3.38. The molecule has 1 aliphatic heterocycles. The number of benzene rings is 1. The highest BCUT2D eigenvalue weighted by molar-refractivity contribution is 5.94. The van der Waals surface area contributed by atoms with E-state index in [2.05, 4.69) is 9.97 Å². The van der Waals surface area contributed by atoms with Gasteiger partial charge in [0.1, 0.15) is 0 Å². The van der Waals surface area contributed by atoms with Crippen LogP contribution in [0.15, 0.2) is 67.4 Å². The molecule has 4 rings (SSSR count). The molecule has 0 radical (unpaired) electrons. The molecule has 1 amide bonds. The van der Waals surface area contributed by atoms with E-state index in [0.29, 0.717) is 25.1 Å². The van der Waals surface area contributed by atoms with Gasteiger partial charge in [-0.15, -0.1) is 0 Å². The van der Waals surface area contributed by atoms with E-state index in [-0.39, 0.29) is 11.8 Å². The number of nitrogens with zero attached hydrogens (tertiary/aromatic N) is 4. The Labute approximate surface area is 151 Å².